The van der Waals surface area contributed by atoms with Crippen LogP contribution in [0, 0.1) is 6.92 Å². The van der Waals surface area contributed by atoms with Crippen LogP contribution in [0.1, 0.15) is 54.2 Å². The molecule has 1 fully saturated rings. The number of ether oxygens (including phenoxy) is 2. The number of benzene rings is 2. The van der Waals surface area contributed by atoms with Crippen molar-refractivity contribution in [2.75, 3.05) is 33.9 Å². The van der Waals surface area contributed by atoms with Gasteiger partial charge in [0.15, 0.2) is 0 Å². The quantitative estimate of drug-likeness (QED) is 0.595. The maximum absolute atomic E-state index is 13.5. The molecule has 8 heteroatoms. The molecular weight excluding hydrogens is 428 g/mol. The van der Waals surface area contributed by atoms with Crippen LogP contribution < -0.4 is 9.47 Å². The number of amides is 1. The lowest BCUT2D eigenvalue weighted by Crippen LogP contribution is -2.32. The summed E-state index contributed by atoms with van der Waals surface area (Å²) in [6.45, 7) is 6.73. The van der Waals surface area contributed by atoms with Crippen LogP contribution in [0.3, 0.4) is 0 Å². The molecule has 174 valence electrons. The normalized spacial score (nSPS) is 16.4. The molecule has 1 saturated heterocycles. The molecule has 0 aliphatic carbocycles. The van der Waals surface area contributed by atoms with Gasteiger partial charge in [-0.2, -0.15) is 4.31 Å². The summed E-state index contributed by atoms with van der Waals surface area (Å²) in [5, 5.41) is 0. The van der Waals surface area contributed by atoms with E-state index in [-0.39, 0.29) is 16.8 Å². The Balaban J connectivity index is 1.97. The first-order chi connectivity index (χ1) is 15.3. The Bertz CT molecular complexity index is 1080. The number of aryl methyl sites for hydroxylation is 1. The van der Waals surface area contributed by atoms with Gasteiger partial charge in [0, 0.05) is 36.8 Å². The summed E-state index contributed by atoms with van der Waals surface area (Å²) in [5.74, 6) is 1.18. The molecule has 3 rings (SSSR count). The third-order valence-corrected chi connectivity index (χ3v) is 8.26. The standard InChI is InChI=1S/C24H32N2O5S/c1-6-25(7-2)32(28,29)23-15-18(11-10-17(23)3)24(27)26-14-8-9-21(26)20-13-12-19(30-4)16-22(20)31-5/h10-13,15-16,21H,6-9,14H2,1-5H3. The number of nitrogens with zero attached hydrogens (tertiary/aromatic N) is 2. The van der Waals surface area contributed by atoms with Gasteiger partial charge in [0.1, 0.15) is 11.5 Å². The Morgan fingerprint density at radius 1 is 1.09 bits per heavy atom. The van der Waals surface area contributed by atoms with Crippen LogP contribution >= 0.6 is 0 Å². The summed E-state index contributed by atoms with van der Waals surface area (Å²) in [6, 6.07) is 10.4. The summed E-state index contributed by atoms with van der Waals surface area (Å²) >= 11 is 0. The topological polar surface area (TPSA) is 76.2 Å². The molecule has 0 spiro atoms. The van der Waals surface area contributed by atoms with E-state index >= 15 is 0 Å². The second-order valence-electron chi connectivity index (χ2n) is 7.83. The molecule has 0 bridgehead atoms. The molecule has 0 saturated carbocycles. The van der Waals surface area contributed by atoms with Crippen molar-refractivity contribution >= 4 is 15.9 Å². The summed E-state index contributed by atoms with van der Waals surface area (Å²) < 4.78 is 38.5. The number of hydrogen-bond donors (Lipinski definition) is 0. The second kappa shape index (κ2) is 9.92. The molecule has 1 aliphatic rings. The van der Waals surface area contributed by atoms with Gasteiger partial charge in [-0.25, -0.2) is 8.42 Å². The number of carbonyl (C=O) groups excluding carboxylic acids is 1. The summed E-state index contributed by atoms with van der Waals surface area (Å²) in [4.78, 5) is 15.5. The molecule has 7 nitrogen and oxygen atoms in total. The van der Waals surface area contributed by atoms with Gasteiger partial charge < -0.3 is 14.4 Å². The highest BCUT2D eigenvalue weighted by Crippen LogP contribution is 2.39. The van der Waals surface area contributed by atoms with Crippen LogP contribution in [-0.4, -0.2) is 57.4 Å². The highest BCUT2D eigenvalue weighted by atomic mass is 32.2. The maximum atomic E-state index is 13.5. The predicted molar refractivity (Wildman–Crippen MR) is 124 cm³/mol. The van der Waals surface area contributed by atoms with E-state index in [9.17, 15) is 13.2 Å². The number of methoxy groups -OCH3 is 2. The minimum absolute atomic E-state index is 0.146. The fourth-order valence-corrected chi connectivity index (χ4v) is 6.02. The Kier molecular flexibility index (Phi) is 7.46. The van der Waals surface area contributed by atoms with E-state index in [1.165, 1.54) is 10.4 Å². The average Bonchev–Trinajstić information content (AvgIpc) is 3.28. The fraction of sp³-hybridized carbons (Fsp3) is 0.458. The van der Waals surface area contributed by atoms with E-state index < -0.39 is 10.0 Å². The van der Waals surface area contributed by atoms with Gasteiger partial charge in [-0.3, -0.25) is 4.79 Å². The van der Waals surface area contributed by atoms with Gasteiger partial charge >= 0.3 is 0 Å². The van der Waals surface area contributed by atoms with Crippen LogP contribution in [0.25, 0.3) is 0 Å². The molecule has 2 aromatic carbocycles. The zero-order valence-corrected chi connectivity index (χ0v) is 20.2. The van der Waals surface area contributed by atoms with Crippen LogP contribution in [0.2, 0.25) is 0 Å². The van der Waals surface area contributed by atoms with Gasteiger partial charge in [-0.05, 0) is 49.6 Å². The van der Waals surface area contributed by atoms with Crippen molar-refractivity contribution in [2.45, 2.75) is 44.6 Å². The minimum atomic E-state index is -3.67. The monoisotopic (exact) mass is 460 g/mol. The Labute approximate surface area is 191 Å². The largest absolute Gasteiger partial charge is 0.497 e. The minimum Gasteiger partial charge on any atom is -0.497 e. The molecule has 2 aromatic rings. The van der Waals surface area contributed by atoms with Crippen molar-refractivity contribution in [3.05, 3.63) is 53.1 Å². The molecular formula is C24H32N2O5S. The number of likely N-dealkylation sites (tertiary alicyclic amines) is 1. The average molecular weight is 461 g/mol. The highest BCUT2D eigenvalue weighted by molar-refractivity contribution is 7.89. The second-order valence-corrected chi connectivity index (χ2v) is 9.74. The van der Waals surface area contributed by atoms with Gasteiger partial charge in [0.25, 0.3) is 5.91 Å². The first kappa shape index (κ1) is 24.1. The lowest BCUT2D eigenvalue weighted by molar-refractivity contribution is 0.0734. The molecule has 32 heavy (non-hydrogen) atoms. The number of rotatable bonds is 8. The van der Waals surface area contributed by atoms with Crippen LogP contribution in [0.15, 0.2) is 41.3 Å². The molecule has 0 N–H and O–H groups in total. The Hall–Kier alpha value is -2.58. The number of carbonyl (C=O) groups is 1. The molecule has 1 atom stereocenters. The third-order valence-electron chi connectivity index (χ3n) is 6.07. The van der Waals surface area contributed by atoms with Crippen LogP contribution in [0.4, 0.5) is 0 Å². The van der Waals surface area contributed by atoms with Gasteiger partial charge in [-0.15, -0.1) is 0 Å². The zero-order chi connectivity index (χ0) is 23.5. The lowest BCUT2D eigenvalue weighted by atomic mass is 10.0. The molecule has 0 radical (unpaired) electrons. The van der Waals surface area contributed by atoms with E-state index in [0.717, 1.165) is 18.4 Å². The highest BCUT2D eigenvalue weighted by Gasteiger charge is 2.33. The molecule has 1 unspecified atom stereocenters. The molecule has 1 heterocycles. The van der Waals surface area contributed by atoms with E-state index in [4.69, 9.17) is 9.47 Å². The third kappa shape index (κ3) is 4.47. The summed E-state index contributed by atoms with van der Waals surface area (Å²) in [5.41, 5.74) is 1.92. The molecule has 1 aliphatic heterocycles. The van der Waals surface area contributed by atoms with Gasteiger partial charge in [-0.1, -0.05) is 19.9 Å². The van der Waals surface area contributed by atoms with E-state index in [2.05, 4.69) is 0 Å². The maximum Gasteiger partial charge on any atom is 0.254 e. The van der Waals surface area contributed by atoms with Gasteiger partial charge in [0.05, 0.1) is 25.2 Å². The zero-order valence-electron chi connectivity index (χ0n) is 19.4. The van der Waals surface area contributed by atoms with Crippen LogP contribution in [0.5, 0.6) is 11.5 Å². The van der Waals surface area contributed by atoms with Crippen molar-refractivity contribution in [3.63, 3.8) is 0 Å². The predicted octanol–water partition coefficient (Wildman–Crippen LogP) is 4.02. The van der Waals surface area contributed by atoms with Crippen molar-refractivity contribution in [1.82, 2.24) is 9.21 Å². The number of sulfonamides is 1. The molecule has 1 amide bonds. The SMILES string of the molecule is CCN(CC)S(=O)(=O)c1cc(C(=O)N2CCCC2c2ccc(OC)cc2OC)ccc1C. The van der Waals surface area contributed by atoms with Crippen molar-refractivity contribution in [2.24, 2.45) is 0 Å². The van der Waals surface area contributed by atoms with Crippen LogP contribution in [-0.2, 0) is 10.0 Å². The van der Waals surface area contributed by atoms with Gasteiger partial charge in [0.2, 0.25) is 10.0 Å². The van der Waals surface area contributed by atoms with E-state index in [1.54, 1.807) is 33.3 Å². The summed E-state index contributed by atoms with van der Waals surface area (Å²) in [6.07, 6.45) is 1.67. The first-order valence-corrected chi connectivity index (χ1v) is 12.4. The van der Waals surface area contributed by atoms with Crippen molar-refractivity contribution in [3.8, 4) is 11.5 Å². The summed E-state index contributed by atoms with van der Waals surface area (Å²) in [7, 11) is -0.468. The van der Waals surface area contributed by atoms with E-state index in [0.29, 0.717) is 42.3 Å². The number of hydrogen-bond acceptors (Lipinski definition) is 5. The van der Waals surface area contributed by atoms with E-state index in [1.807, 2.05) is 36.9 Å². The fourth-order valence-electron chi connectivity index (χ4n) is 4.31. The lowest BCUT2D eigenvalue weighted by Gasteiger charge is -2.27. The Morgan fingerprint density at radius 2 is 1.81 bits per heavy atom. The van der Waals surface area contributed by atoms with Crippen molar-refractivity contribution in [1.29, 1.82) is 0 Å². The van der Waals surface area contributed by atoms with Crippen molar-refractivity contribution < 1.29 is 22.7 Å². The smallest absolute Gasteiger partial charge is 0.254 e. The molecule has 0 aromatic heterocycles. The first-order valence-electron chi connectivity index (χ1n) is 10.9. The Morgan fingerprint density at radius 3 is 2.44 bits per heavy atom.